The Morgan fingerprint density at radius 1 is 1.40 bits per heavy atom. The third kappa shape index (κ3) is 3.61. The number of pyridine rings is 1. The predicted octanol–water partition coefficient (Wildman–Crippen LogP) is 1.34. The zero-order valence-electron chi connectivity index (χ0n) is 14.6. The van der Waals surface area contributed by atoms with Crippen molar-refractivity contribution in [2.75, 3.05) is 31.1 Å². The highest BCUT2D eigenvalue weighted by molar-refractivity contribution is 5.93. The Kier molecular flexibility index (Phi) is 4.94. The minimum Gasteiger partial charge on any atom is -0.480 e. The number of piperidine rings is 1. The van der Waals surface area contributed by atoms with Crippen LogP contribution in [0.1, 0.15) is 43.0 Å². The number of carbonyl (C=O) groups excluding carboxylic acids is 1. The van der Waals surface area contributed by atoms with E-state index in [4.69, 9.17) is 5.73 Å². The van der Waals surface area contributed by atoms with Gasteiger partial charge in [-0.15, -0.1) is 0 Å². The predicted molar refractivity (Wildman–Crippen MR) is 94.5 cm³/mol. The zero-order valence-corrected chi connectivity index (χ0v) is 14.6. The van der Waals surface area contributed by atoms with Gasteiger partial charge in [-0.25, -0.2) is 4.98 Å². The van der Waals surface area contributed by atoms with E-state index in [0.717, 1.165) is 57.7 Å². The van der Waals surface area contributed by atoms with E-state index < -0.39 is 11.9 Å². The molecule has 2 saturated heterocycles. The van der Waals surface area contributed by atoms with Gasteiger partial charge in [0, 0.05) is 31.4 Å². The number of hydrogen-bond acceptors (Lipinski definition) is 5. The van der Waals surface area contributed by atoms with Crippen LogP contribution in [-0.2, 0) is 4.79 Å². The molecule has 0 radical (unpaired) electrons. The van der Waals surface area contributed by atoms with Gasteiger partial charge in [-0.3, -0.25) is 14.5 Å². The summed E-state index contributed by atoms with van der Waals surface area (Å²) in [5.74, 6) is -0.389. The fraction of sp³-hybridized carbons (Fsp3) is 0.611. The fourth-order valence-corrected chi connectivity index (χ4v) is 4.23. The number of carboxylic acids is 1. The van der Waals surface area contributed by atoms with Crippen LogP contribution in [0, 0.1) is 5.41 Å². The Balaban J connectivity index is 1.68. The Bertz CT molecular complexity index is 655. The number of hydrogen-bond donors (Lipinski definition) is 2. The molecule has 0 bridgehead atoms. The number of carboxylic acid groups (broad SMARTS) is 1. The van der Waals surface area contributed by atoms with Crippen LogP contribution in [0.15, 0.2) is 18.3 Å². The number of likely N-dealkylation sites (tertiary alicyclic amines) is 1. The number of rotatable bonds is 5. The number of nitrogens with zero attached hydrogens (tertiary/aromatic N) is 3. The van der Waals surface area contributed by atoms with E-state index in [0.29, 0.717) is 5.56 Å². The maximum Gasteiger partial charge on any atom is 0.320 e. The molecule has 0 saturated carbocycles. The largest absolute Gasteiger partial charge is 0.480 e. The normalized spacial score (nSPS) is 23.1. The lowest BCUT2D eigenvalue weighted by molar-refractivity contribution is -0.142. The number of amides is 1. The first kappa shape index (κ1) is 17.7. The van der Waals surface area contributed by atoms with Gasteiger partial charge < -0.3 is 15.7 Å². The van der Waals surface area contributed by atoms with Crippen LogP contribution in [-0.4, -0.2) is 59.1 Å². The van der Waals surface area contributed by atoms with Gasteiger partial charge in [0.25, 0.3) is 0 Å². The highest BCUT2D eigenvalue weighted by Gasteiger charge is 2.47. The summed E-state index contributed by atoms with van der Waals surface area (Å²) in [6.45, 7) is 5.43. The van der Waals surface area contributed by atoms with Crippen molar-refractivity contribution in [3.05, 3.63) is 23.9 Å². The Morgan fingerprint density at radius 3 is 2.72 bits per heavy atom. The van der Waals surface area contributed by atoms with Gasteiger partial charge in [0.2, 0.25) is 5.91 Å². The minimum atomic E-state index is -0.705. The van der Waals surface area contributed by atoms with Gasteiger partial charge >= 0.3 is 5.97 Å². The van der Waals surface area contributed by atoms with Gasteiger partial charge in [0.05, 0.1) is 0 Å². The van der Waals surface area contributed by atoms with Crippen molar-refractivity contribution < 1.29 is 14.7 Å². The zero-order chi connectivity index (χ0) is 18.0. The topological polar surface area (TPSA) is 99.8 Å². The van der Waals surface area contributed by atoms with Gasteiger partial charge in [-0.2, -0.15) is 0 Å². The molecule has 25 heavy (non-hydrogen) atoms. The Hall–Kier alpha value is -2.15. The van der Waals surface area contributed by atoms with Crippen molar-refractivity contribution in [2.45, 2.75) is 38.6 Å². The maximum atomic E-state index is 11.6. The molecule has 0 aliphatic carbocycles. The standard InChI is InChI=1S/C18H26N4O3/c1-2-7-22-12-18(11-14(22)17(24)25)4-8-21(9-5-18)15-10-13(16(19)23)3-6-20-15/h3,6,10,14H,2,4-5,7-9,11-12H2,1H3,(H2,19,23)(H,24,25). The molecule has 2 aliphatic heterocycles. The third-order valence-corrected chi connectivity index (χ3v) is 5.58. The lowest BCUT2D eigenvalue weighted by Crippen LogP contribution is -2.42. The lowest BCUT2D eigenvalue weighted by atomic mass is 9.76. The molecule has 7 heteroatoms. The number of carbonyl (C=O) groups is 2. The summed E-state index contributed by atoms with van der Waals surface area (Å²) >= 11 is 0. The maximum absolute atomic E-state index is 11.6. The van der Waals surface area contributed by atoms with Gasteiger partial charge in [0.1, 0.15) is 11.9 Å². The molecule has 1 amide bonds. The first-order valence-corrected chi connectivity index (χ1v) is 8.92. The first-order valence-electron chi connectivity index (χ1n) is 8.92. The molecule has 1 aromatic rings. The van der Waals surface area contributed by atoms with Crippen molar-refractivity contribution >= 4 is 17.7 Å². The molecule has 136 valence electrons. The second-order valence-corrected chi connectivity index (χ2v) is 7.28. The molecule has 1 aromatic heterocycles. The molecular weight excluding hydrogens is 320 g/mol. The average molecular weight is 346 g/mol. The third-order valence-electron chi connectivity index (χ3n) is 5.58. The summed E-state index contributed by atoms with van der Waals surface area (Å²) in [5, 5.41) is 9.53. The second-order valence-electron chi connectivity index (χ2n) is 7.28. The van der Waals surface area contributed by atoms with Crippen molar-refractivity contribution in [3.63, 3.8) is 0 Å². The summed E-state index contributed by atoms with van der Waals surface area (Å²) in [6, 6.07) is 3.00. The molecular formula is C18H26N4O3. The van der Waals surface area contributed by atoms with Gasteiger partial charge in [-0.05, 0) is 49.8 Å². The van der Waals surface area contributed by atoms with Crippen LogP contribution in [0.5, 0.6) is 0 Å². The molecule has 2 aliphatic rings. The van der Waals surface area contributed by atoms with Gasteiger partial charge in [-0.1, -0.05) is 6.92 Å². The van der Waals surface area contributed by atoms with E-state index in [9.17, 15) is 14.7 Å². The highest BCUT2D eigenvalue weighted by atomic mass is 16.4. The number of anilines is 1. The first-order chi connectivity index (χ1) is 11.9. The quantitative estimate of drug-likeness (QED) is 0.834. The SMILES string of the molecule is CCCN1CC2(CCN(c3cc(C(N)=O)ccn3)CC2)CC1C(=O)O. The van der Waals surface area contributed by atoms with E-state index >= 15 is 0 Å². The van der Waals surface area contributed by atoms with E-state index in [1.165, 1.54) is 0 Å². The number of aromatic nitrogens is 1. The van der Waals surface area contributed by atoms with Crippen LogP contribution >= 0.6 is 0 Å². The van der Waals surface area contributed by atoms with Crippen LogP contribution in [0.2, 0.25) is 0 Å². The van der Waals surface area contributed by atoms with Crippen molar-refractivity contribution in [1.29, 1.82) is 0 Å². The monoisotopic (exact) mass is 346 g/mol. The smallest absolute Gasteiger partial charge is 0.320 e. The average Bonchev–Trinajstić information content (AvgIpc) is 2.94. The Morgan fingerprint density at radius 2 is 2.12 bits per heavy atom. The van der Waals surface area contributed by atoms with E-state index in [2.05, 4.69) is 21.7 Å². The van der Waals surface area contributed by atoms with E-state index in [-0.39, 0.29) is 11.5 Å². The molecule has 1 unspecified atom stereocenters. The summed E-state index contributed by atoms with van der Waals surface area (Å²) in [5.41, 5.74) is 5.89. The molecule has 3 N–H and O–H groups in total. The minimum absolute atomic E-state index is 0.0794. The number of nitrogens with two attached hydrogens (primary N) is 1. The number of primary amides is 1. The Labute approximate surface area is 147 Å². The van der Waals surface area contributed by atoms with Crippen LogP contribution in [0.3, 0.4) is 0 Å². The lowest BCUT2D eigenvalue weighted by Gasteiger charge is -2.40. The van der Waals surface area contributed by atoms with Gasteiger partial charge in [0.15, 0.2) is 0 Å². The second kappa shape index (κ2) is 7.00. The van der Waals surface area contributed by atoms with E-state index in [1.807, 2.05) is 0 Å². The molecule has 0 aromatic carbocycles. The summed E-state index contributed by atoms with van der Waals surface area (Å²) in [4.78, 5) is 31.6. The van der Waals surface area contributed by atoms with Crippen LogP contribution < -0.4 is 10.6 Å². The molecule has 3 heterocycles. The molecule has 1 spiro atoms. The molecule has 3 rings (SSSR count). The summed E-state index contributed by atoms with van der Waals surface area (Å²) in [6.07, 6.45) is 5.19. The van der Waals surface area contributed by atoms with Crippen molar-refractivity contribution in [2.24, 2.45) is 11.1 Å². The van der Waals surface area contributed by atoms with Crippen LogP contribution in [0.4, 0.5) is 5.82 Å². The molecule has 2 fully saturated rings. The van der Waals surface area contributed by atoms with Crippen molar-refractivity contribution in [3.8, 4) is 0 Å². The summed E-state index contributed by atoms with van der Waals surface area (Å²) in [7, 11) is 0. The van der Waals surface area contributed by atoms with Crippen molar-refractivity contribution in [1.82, 2.24) is 9.88 Å². The van der Waals surface area contributed by atoms with Crippen LogP contribution in [0.25, 0.3) is 0 Å². The highest BCUT2D eigenvalue weighted by Crippen LogP contribution is 2.44. The number of aliphatic carboxylic acids is 1. The fourth-order valence-electron chi connectivity index (χ4n) is 4.23. The molecule has 1 atom stereocenters. The summed E-state index contributed by atoms with van der Waals surface area (Å²) < 4.78 is 0. The van der Waals surface area contributed by atoms with E-state index in [1.54, 1.807) is 18.3 Å². The molecule has 7 nitrogen and oxygen atoms in total.